The highest BCUT2D eigenvalue weighted by Crippen LogP contribution is 2.52. The standard InChI is InChI=1S/C12H16O3/c1-6(13)15-12-9-3-7-2-8(5-9)11(14)10(12)4-7/h7-10,12H,2-5H2,1H3/t7-,8+,9-,10+,12+/m1/s1. The molecule has 5 atom stereocenters. The topological polar surface area (TPSA) is 43.4 Å². The Morgan fingerprint density at radius 2 is 2.07 bits per heavy atom. The fourth-order valence-corrected chi connectivity index (χ4v) is 3.95. The van der Waals surface area contributed by atoms with Crippen molar-refractivity contribution < 1.29 is 14.3 Å². The zero-order chi connectivity index (χ0) is 10.6. The number of hydrogen-bond acceptors (Lipinski definition) is 3. The van der Waals surface area contributed by atoms with E-state index in [2.05, 4.69) is 0 Å². The lowest BCUT2D eigenvalue weighted by molar-refractivity contribution is -0.173. The Balaban J connectivity index is 1.85. The van der Waals surface area contributed by atoms with E-state index in [0.717, 1.165) is 31.6 Å². The molecule has 0 radical (unpaired) electrons. The molecule has 0 unspecified atom stereocenters. The first kappa shape index (κ1) is 9.37. The molecule has 15 heavy (non-hydrogen) atoms. The highest BCUT2D eigenvalue weighted by atomic mass is 16.5. The van der Waals surface area contributed by atoms with Gasteiger partial charge in [0.25, 0.3) is 0 Å². The molecule has 0 saturated heterocycles. The number of ketones is 1. The highest BCUT2D eigenvalue weighted by Gasteiger charge is 2.54. The molecule has 0 aromatic heterocycles. The average molecular weight is 208 g/mol. The van der Waals surface area contributed by atoms with Crippen LogP contribution in [0.5, 0.6) is 0 Å². The molecular formula is C12H16O3. The Hall–Kier alpha value is -0.860. The number of carbonyl (C=O) groups excluding carboxylic acids is 2. The number of ether oxygens (including phenoxy) is 1. The minimum atomic E-state index is -0.236. The fraction of sp³-hybridized carbons (Fsp3) is 0.833. The largest absolute Gasteiger partial charge is 0.461 e. The van der Waals surface area contributed by atoms with Crippen LogP contribution in [0.25, 0.3) is 0 Å². The van der Waals surface area contributed by atoms with E-state index in [-0.39, 0.29) is 18.0 Å². The first-order valence-corrected chi connectivity index (χ1v) is 5.86. The molecule has 0 amide bonds. The van der Waals surface area contributed by atoms with Crippen molar-refractivity contribution in [3.05, 3.63) is 0 Å². The molecule has 82 valence electrons. The van der Waals surface area contributed by atoms with Gasteiger partial charge in [0, 0.05) is 12.8 Å². The summed E-state index contributed by atoms with van der Waals surface area (Å²) in [6, 6.07) is 0. The molecule has 3 nitrogen and oxygen atoms in total. The molecular weight excluding hydrogens is 192 g/mol. The maximum atomic E-state index is 12.0. The van der Waals surface area contributed by atoms with Crippen molar-refractivity contribution in [2.45, 2.75) is 38.7 Å². The third-order valence-electron chi connectivity index (χ3n) is 4.36. The van der Waals surface area contributed by atoms with Crippen molar-refractivity contribution in [2.75, 3.05) is 0 Å². The predicted octanol–water partition coefficient (Wildman–Crippen LogP) is 1.55. The fourth-order valence-electron chi connectivity index (χ4n) is 3.95. The van der Waals surface area contributed by atoms with Gasteiger partial charge in [-0.25, -0.2) is 0 Å². The summed E-state index contributed by atoms with van der Waals surface area (Å²) in [5.74, 6) is 1.65. The molecule has 0 aromatic carbocycles. The highest BCUT2D eigenvalue weighted by molar-refractivity contribution is 5.86. The van der Waals surface area contributed by atoms with Gasteiger partial charge < -0.3 is 4.74 Å². The molecule has 3 heteroatoms. The average Bonchev–Trinajstić information content (AvgIpc) is 2.18. The zero-order valence-corrected chi connectivity index (χ0v) is 8.94. The monoisotopic (exact) mass is 208 g/mol. The quantitative estimate of drug-likeness (QED) is 0.614. The molecule has 4 aliphatic carbocycles. The van der Waals surface area contributed by atoms with Crippen LogP contribution in [0.3, 0.4) is 0 Å². The second-order valence-corrected chi connectivity index (χ2v) is 5.35. The molecule has 0 spiro atoms. The van der Waals surface area contributed by atoms with E-state index in [1.54, 1.807) is 0 Å². The van der Waals surface area contributed by atoms with Crippen LogP contribution in [0.15, 0.2) is 0 Å². The van der Waals surface area contributed by atoms with Crippen molar-refractivity contribution >= 4 is 11.8 Å². The summed E-state index contributed by atoms with van der Waals surface area (Å²) in [4.78, 5) is 23.0. The second-order valence-electron chi connectivity index (χ2n) is 5.35. The molecule has 4 fully saturated rings. The van der Waals surface area contributed by atoms with E-state index < -0.39 is 0 Å². The lowest BCUT2D eigenvalue weighted by Crippen LogP contribution is -2.55. The second kappa shape index (κ2) is 3.06. The van der Waals surface area contributed by atoms with E-state index in [1.165, 1.54) is 6.92 Å². The predicted molar refractivity (Wildman–Crippen MR) is 53.0 cm³/mol. The first-order chi connectivity index (χ1) is 7.15. The Labute approximate surface area is 89.2 Å². The van der Waals surface area contributed by atoms with Gasteiger partial charge in [-0.2, -0.15) is 0 Å². The van der Waals surface area contributed by atoms with Gasteiger partial charge in [0.15, 0.2) is 0 Å². The summed E-state index contributed by atoms with van der Waals surface area (Å²) in [6.07, 6.45) is 4.09. The van der Waals surface area contributed by atoms with Gasteiger partial charge in [-0.05, 0) is 37.5 Å². The summed E-state index contributed by atoms with van der Waals surface area (Å²) < 4.78 is 5.34. The summed E-state index contributed by atoms with van der Waals surface area (Å²) in [5.41, 5.74) is 0. The Bertz CT molecular complexity index is 323. The maximum Gasteiger partial charge on any atom is 0.302 e. The van der Waals surface area contributed by atoms with Gasteiger partial charge in [-0.1, -0.05) is 0 Å². The molecule has 4 bridgehead atoms. The minimum Gasteiger partial charge on any atom is -0.461 e. The van der Waals surface area contributed by atoms with Crippen LogP contribution in [0.1, 0.15) is 32.6 Å². The van der Waals surface area contributed by atoms with Crippen LogP contribution >= 0.6 is 0 Å². The minimum absolute atomic E-state index is 0.0325. The van der Waals surface area contributed by atoms with Crippen molar-refractivity contribution in [1.29, 1.82) is 0 Å². The summed E-state index contributed by atoms with van der Waals surface area (Å²) in [7, 11) is 0. The van der Waals surface area contributed by atoms with E-state index in [4.69, 9.17) is 4.74 Å². The van der Waals surface area contributed by atoms with Crippen LogP contribution in [0.2, 0.25) is 0 Å². The van der Waals surface area contributed by atoms with Crippen LogP contribution in [-0.4, -0.2) is 17.9 Å². The van der Waals surface area contributed by atoms with E-state index in [1.807, 2.05) is 0 Å². The van der Waals surface area contributed by atoms with Crippen LogP contribution in [0, 0.1) is 23.7 Å². The molecule has 0 aliphatic heterocycles. The Morgan fingerprint density at radius 3 is 2.80 bits per heavy atom. The smallest absolute Gasteiger partial charge is 0.302 e. The number of Topliss-reactive ketones (excluding diaryl/α,β-unsaturated/α-hetero) is 1. The number of carbonyl (C=O) groups is 2. The van der Waals surface area contributed by atoms with Gasteiger partial charge in [-0.15, -0.1) is 0 Å². The van der Waals surface area contributed by atoms with Crippen molar-refractivity contribution in [3.63, 3.8) is 0 Å². The third kappa shape index (κ3) is 1.32. The van der Waals surface area contributed by atoms with Gasteiger partial charge >= 0.3 is 5.97 Å². The van der Waals surface area contributed by atoms with E-state index in [0.29, 0.717) is 17.6 Å². The zero-order valence-electron chi connectivity index (χ0n) is 8.94. The molecule has 0 N–H and O–H groups in total. The van der Waals surface area contributed by atoms with Gasteiger partial charge in [0.2, 0.25) is 0 Å². The lowest BCUT2D eigenvalue weighted by Gasteiger charge is -2.52. The number of rotatable bonds is 1. The summed E-state index contributed by atoms with van der Waals surface area (Å²) >= 11 is 0. The maximum absolute atomic E-state index is 12.0. The molecule has 4 saturated carbocycles. The molecule has 0 aromatic rings. The van der Waals surface area contributed by atoms with E-state index >= 15 is 0 Å². The van der Waals surface area contributed by atoms with Gasteiger partial charge in [-0.3, -0.25) is 9.59 Å². The van der Waals surface area contributed by atoms with Crippen LogP contribution in [-0.2, 0) is 14.3 Å². The Morgan fingerprint density at radius 1 is 1.27 bits per heavy atom. The normalized spacial score (nSPS) is 47.0. The van der Waals surface area contributed by atoms with Crippen molar-refractivity contribution in [2.24, 2.45) is 23.7 Å². The van der Waals surface area contributed by atoms with Crippen LogP contribution < -0.4 is 0 Å². The van der Waals surface area contributed by atoms with Crippen LogP contribution in [0.4, 0.5) is 0 Å². The molecule has 4 rings (SSSR count). The molecule has 4 aliphatic rings. The Kier molecular flexibility index (Phi) is 1.91. The summed E-state index contributed by atoms with van der Waals surface area (Å²) in [6.45, 7) is 1.44. The lowest BCUT2D eigenvalue weighted by atomic mass is 9.54. The number of esters is 1. The van der Waals surface area contributed by atoms with Crippen molar-refractivity contribution in [3.8, 4) is 0 Å². The number of hydrogen-bond donors (Lipinski definition) is 0. The van der Waals surface area contributed by atoms with Gasteiger partial charge in [0.1, 0.15) is 11.9 Å². The summed E-state index contributed by atoms with van der Waals surface area (Å²) in [5, 5.41) is 0. The third-order valence-corrected chi connectivity index (χ3v) is 4.36. The van der Waals surface area contributed by atoms with Gasteiger partial charge in [0.05, 0.1) is 5.92 Å². The van der Waals surface area contributed by atoms with Crippen molar-refractivity contribution in [1.82, 2.24) is 0 Å². The molecule has 0 heterocycles. The SMILES string of the molecule is CC(=O)O[C@H]1[C@@H]2C[C@H]3C[C@@H](C2)C(=O)[C@@H]1C3. The first-order valence-electron chi connectivity index (χ1n) is 5.86. The van der Waals surface area contributed by atoms with E-state index in [9.17, 15) is 9.59 Å².